The molecule has 1 aliphatic heterocycles. The predicted molar refractivity (Wildman–Crippen MR) is 386 cm³/mol. The molecule has 3 heteroatoms. The Morgan fingerprint density at radius 1 is 0.244 bits per heavy atom. The Balaban J connectivity index is 0.00000141. The van der Waals surface area contributed by atoms with Crippen LogP contribution in [0.5, 0.6) is 0 Å². The molecule has 2 aromatic carbocycles. The fourth-order valence-electron chi connectivity index (χ4n) is 12.7. The molecule has 0 aliphatic carbocycles. The number of hydrogen-bond acceptors (Lipinski definition) is 0. The van der Waals surface area contributed by atoms with Crippen LogP contribution in [0.1, 0.15) is 430 Å². The van der Waals surface area contributed by atoms with Gasteiger partial charge in [0, 0.05) is 22.3 Å². The molecule has 0 radical (unpaired) electrons. The number of allylic oxidation sites excluding steroid dienone is 2. The third-order valence-electron chi connectivity index (χ3n) is 18.5. The summed E-state index contributed by atoms with van der Waals surface area (Å²) >= 11 is 0. The fourth-order valence-corrected chi connectivity index (χ4v) is 12.7. The van der Waals surface area contributed by atoms with Gasteiger partial charge in [0.05, 0.1) is 0 Å². The summed E-state index contributed by atoms with van der Waals surface area (Å²) in [4.78, 5) is 0. The van der Waals surface area contributed by atoms with Crippen LogP contribution in [0.25, 0.3) is 16.9 Å². The molecule has 0 atom stereocenters. The number of benzene rings is 2. The first-order chi connectivity index (χ1) is 42.0. The topological polar surface area (TPSA) is 25.3 Å². The minimum Gasteiger partial charge on any atom is -0.493 e. The van der Waals surface area contributed by atoms with E-state index < -0.39 is 0 Å². The summed E-state index contributed by atoms with van der Waals surface area (Å²) in [6, 6.07) is 18.2. The van der Waals surface area contributed by atoms with Gasteiger partial charge in [-0.05, 0) is 86.8 Å². The minimum atomic E-state index is 0. The van der Waals surface area contributed by atoms with Crippen molar-refractivity contribution in [2.75, 3.05) is 0 Å². The van der Waals surface area contributed by atoms with Crippen LogP contribution in [0.3, 0.4) is 0 Å². The van der Waals surface area contributed by atoms with Crippen LogP contribution in [-0.4, -0.2) is 4.70 Å². The number of unbranched alkanes of at least 4 members (excludes halogenated alkanes) is 49. The Bertz CT molecular complexity index is 1700. The summed E-state index contributed by atoms with van der Waals surface area (Å²) in [6.07, 6.45) is 80.7. The number of rotatable bonds is 59. The second-order valence-corrected chi connectivity index (χ2v) is 26.7. The molecule has 1 aliphatic rings. The van der Waals surface area contributed by atoms with Gasteiger partial charge in [0.2, 0.25) is 11.4 Å². The van der Waals surface area contributed by atoms with Gasteiger partial charge in [0.1, 0.15) is 0 Å². The normalized spacial score (nSPS) is 12.2. The molecule has 0 bridgehead atoms. The largest absolute Gasteiger partial charge is 2.00 e. The van der Waals surface area contributed by atoms with Crippen LogP contribution < -0.4 is 0 Å². The van der Waals surface area contributed by atoms with Gasteiger partial charge in [0.15, 0.2) is 0 Å². The van der Waals surface area contributed by atoms with Gasteiger partial charge in [-0.2, -0.15) is 12.8 Å². The molecule has 3 rings (SSSR count). The van der Waals surface area contributed by atoms with Gasteiger partial charge in [-0.25, -0.2) is 4.70 Å². The Kier molecular flexibility index (Phi) is 64.7. The smallest absolute Gasteiger partial charge is 0.493 e. The van der Waals surface area contributed by atoms with E-state index in [1.165, 1.54) is 350 Å². The van der Waals surface area contributed by atoms with Gasteiger partial charge in [-0.3, -0.25) is 0 Å². The van der Waals surface area contributed by atoms with Gasteiger partial charge in [-0.15, -0.1) is 0 Å². The standard InChI is InChI=1S/C41H62N2.2C21H43.Pd/c1-5-9-13-16-17-18-21-25-39-38(24-12-8-4)40(36-30-26-34(27-31-36)22-19-14-10-6-2)43(42)41(39)37-32-28-35(29-33-37)23-20-15-11-7-3;2*1-3-5-7-9-11-13-15-17-19-21-20-18-16-14-12-10-8-6-4-2;/h26-33H,5-25H2,1-4H3;2*1,3-21H2,2H3;/q;2*-1;+2. The summed E-state index contributed by atoms with van der Waals surface area (Å²) in [5.74, 6) is 0. The van der Waals surface area contributed by atoms with Crippen LogP contribution in [0.4, 0.5) is 0 Å². The second kappa shape index (κ2) is 66.1. The van der Waals surface area contributed by atoms with E-state index in [4.69, 9.17) is 0 Å². The predicted octanol–water partition coefficient (Wildman–Crippen LogP) is 29.9. The zero-order valence-electron chi connectivity index (χ0n) is 59.0. The molecule has 0 saturated carbocycles. The van der Waals surface area contributed by atoms with Crippen LogP contribution in [-0.2, 0) is 33.3 Å². The molecule has 2 nitrogen and oxygen atoms in total. The van der Waals surface area contributed by atoms with E-state index in [0.29, 0.717) is 0 Å². The van der Waals surface area contributed by atoms with Crippen molar-refractivity contribution in [2.45, 2.75) is 420 Å². The van der Waals surface area contributed by atoms with Crippen molar-refractivity contribution in [3.63, 3.8) is 0 Å². The van der Waals surface area contributed by atoms with Crippen molar-refractivity contribution in [2.24, 2.45) is 0 Å². The average molecular weight is 1280 g/mol. The molecule has 0 amide bonds. The van der Waals surface area contributed by atoms with E-state index >= 15 is 0 Å². The molecule has 0 unspecified atom stereocenters. The first kappa shape index (κ1) is 84.2. The van der Waals surface area contributed by atoms with E-state index in [0.717, 1.165) is 73.9 Å². The maximum absolute atomic E-state index is 12.0. The first-order valence-electron chi connectivity index (χ1n) is 38.7. The number of nitrogens with zero attached hydrogens (tertiary/aromatic N) is 2. The van der Waals surface area contributed by atoms with Crippen LogP contribution >= 0.6 is 0 Å². The monoisotopic (exact) mass is 1280 g/mol. The maximum Gasteiger partial charge on any atom is 2.00 e. The van der Waals surface area contributed by atoms with E-state index in [1.807, 2.05) is 0 Å². The Morgan fingerprint density at radius 3 is 0.663 bits per heavy atom. The first-order valence-corrected chi connectivity index (χ1v) is 38.7. The van der Waals surface area contributed by atoms with Crippen molar-refractivity contribution in [3.05, 3.63) is 101 Å². The number of aryl methyl sites for hydroxylation is 2. The Labute approximate surface area is 554 Å². The summed E-state index contributed by atoms with van der Waals surface area (Å²) in [5, 5.41) is 0. The molecule has 0 spiro atoms. The van der Waals surface area contributed by atoms with Gasteiger partial charge in [0.25, 0.3) is 0 Å². The third kappa shape index (κ3) is 47.1. The maximum atomic E-state index is 12.0. The van der Waals surface area contributed by atoms with Crippen molar-refractivity contribution >= 4 is 11.4 Å². The zero-order chi connectivity index (χ0) is 61.6. The summed E-state index contributed by atoms with van der Waals surface area (Å²) in [7, 11) is 0. The SMILES string of the molecule is CCCCCCCCCC1=C(c2ccc(CCCCCC)cc2)[N+](=[N-])C(c2ccc(CCCCCC)cc2)=C1CCCC.[CH2-]CCCCCCCCCCCCCCCCCCCC.[CH2-]CCCCCCCCCCCCCCCCCCCC.[Pd+2]. The van der Waals surface area contributed by atoms with Crippen molar-refractivity contribution in [1.82, 2.24) is 0 Å². The number of hydrogen-bond donors (Lipinski definition) is 0. The van der Waals surface area contributed by atoms with Crippen LogP contribution in [0.15, 0.2) is 59.7 Å². The Hall–Kier alpha value is -1.82. The molecule has 500 valence electrons. The molecule has 0 fully saturated rings. The molecular weight excluding hydrogens is 1130 g/mol. The minimum absolute atomic E-state index is 0. The quantitative estimate of drug-likeness (QED) is 0.0273. The second-order valence-electron chi connectivity index (χ2n) is 26.7. The van der Waals surface area contributed by atoms with Crippen LogP contribution in [0, 0.1) is 13.8 Å². The van der Waals surface area contributed by atoms with E-state index in [1.54, 1.807) is 4.70 Å². The summed E-state index contributed by atoms with van der Waals surface area (Å²) in [5.41, 5.74) is 21.8. The van der Waals surface area contributed by atoms with Gasteiger partial charge >= 0.3 is 20.4 Å². The Morgan fingerprint density at radius 2 is 0.430 bits per heavy atom. The van der Waals surface area contributed by atoms with Crippen molar-refractivity contribution in [3.8, 4) is 0 Å². The molecule has 2 aromatic rings. The average Bonchev–Trinajstić information content (AvgIpc) is 1.72. The third-order valence-corrected chi connectivity index (χ3v) is 18.5. The molecule has 0 aromatic heterocycles. The summed E-state index contributed by atoms with van der Waals surface area (Å²) < 4.78 is 1.56. The van der Waals surface area contributed by atoms with Gasteiger partial charge < -0.3 is 19.4 Å². The van der Waals surface area contributed by atoms with Crippen molar-refractivity contribution < 1.29 is 25.1 Å². The van der Waals surface area contributed by atoms with Crippen LogP contribution in [0.2, 0.25) is 0 Å². The molecule has 86 heavy (non-hydrogen) atoms. The molecule has 0 saturated heterocycles. The van der Waals surface area contributed by atoms with E-state index in [9.17, 15) is 5.53 Å². The molecule has 0 N–H and O–H groups in total. The fraction of sp³-hybridized carbons (Fsp3) is 0.783. The van der Waals surface area contributed by atoms with Gasteiger partial charge in [-0.1, -0.05) is 380 Å². The zero-order valence-corrected chi connectivity index (χ0v) is 60.5. The molecular formula is C83H148N2Pd. The van der Waals surface area contributed by atoms with E-state index in [-0.39, 0.29) is 20.4 Å². The van der Waals surface area contributed by atoms with Crippen molar-refractivity contribution in [1.29, 1.82) is 0 Å². The summed E-state index contributed by atoms with van der Waals surface area (Å²) in [6.45, 7) is 21.5. The van der Waals surface area contributed by atoms with E-state index in [2.05, 4.69) is 104 Å². The molecule has 1 heterocycles.